The molecule has 1 unspecified atom stereocenters. The van der Waals surface area contributed by atoms with Crippen molar-refractivity contribution in [3.8, 4) is 0 Å². The summed E-state index contributed by atoms with van der Waals surface area (Å²) < 4.78 is 4.22. The molecule has 0 bridgehead atoms. The first kappa shape index (κ1) is 15.4. The van der Waals surface area contributed by atoms with Crippen LogP contribution in [-0.2, 0) is 4.79 Å². The van der Waals surface area contributed by atoms with Gasteiger partial charge in [-0.15, -0.1) is 0 Å². The molecule has 4 rings (SSSR count). The summed E-state index contributed by atoms with van der Waals surface area (Å²) in [5, 5.41) is 0. The molecule has 24 heavy (non-hydrogen) atoms. The summed E-state index contributed by atoms with van der Waals surface area (Å²) in [5.74, 6) is 1.18. The van der Waals surface area contributed by atoms with Gasteiger partial charge in [0.25, 0.3) is 5.91 Å². The van der Waals surface area contributed by atoms with Gasteiger partial charge in [-0.1, -0.05) is 11.4 Å². The molecule has 1 aromatic rings. The number of aliphatic imine (C=N–C) groups is 1. The topological polar surface area (TPSA) is 61.8 Å². The molecule has 1 aliphatic carbocycles. The molecule has 0 spiro atoms. The molecule has 1 saturated carbocycles. The molecule has 7 nitrogen and oxygen atoms in total. The third-order valence-electron chi connectivity index (χ3n) is 5.51. The van der Waals surface area contributed by atoms with Crippen molar-refractivity contribution in [2.24, 2.45) is 4.99 Å². The van der Waals surface area contributed by atoms with Gasteiger partial charge in [0.2, 0.25) is 11.9 Å². The summed E-state index contributed by atoms with van der Waals surface area (Å²) in [4.78, 5) is 32.7. The van der Waals surface area contributed by atoms with E-state index in [2.05, 4.69) is 11.5 Å². The highest BCUT2D eigenvalue weighted by Crippen LogP contribution is 2.36. The van der Waals surface area contributed by atoms with Crippen LogP contribution in [0.5, 0.6) is 0 Å². The zero-order chi connectivity index (χ0) is 17.0. The number of fused-ring (bicyclic) bond motifs is 3. The van der Waals surface area contributed by atoms with Crippen LogP contribution in [0.15, 0.2) is 11.2 Å². The van der Waals surface area contributed by atoms with Crippen LogP contribution in [0.4, 0.5) is 10.7 Å². The number of imidazole rings is 1. The third kappa shape index (κ3) is 1.96. The van der Waals surface area contributed by atoms with E-state index in [1.165, 1.54) is 29.1 Å². The smallest absolute Gasteiger partial charge is 0.270 e. The minimum atomic E-state index is -0.508. The number of amides is 3. The minimum absolute atomic E-state index is 0.177. The Labute approximate surface area is 141 Å². The van der Waals surface area contributed by atoms with Crippen LogP contribution < -0.4 is 4.57 Å². The Morgan fingerprint density at radius 1 is 1.25 bits per heavy atom. The number of imide groups is 1. The second-order valence-corrected chi connectivity index (χ2v) is 6.94. The number of aryl methyl sites for hydroxylation is 1. The Kier molecular flexibility index (Phi) is 3.47. The molecule has 128 valence electrons. The number of urea groups is 1. The molecule has 0 radical (unpaired) electrons. The van der Waals surface area contributed by atoms with Crippen LogP contribution in [0.3, 0.4) is 0 Å². The van der Waals surface area contributed by atoms with Gasteiger partial charge in [-0.3, -0.25) is 14.6 Å². The highest BCUT2D eigenvalue weighted by Gasteiger charge is 2.53. The summed E-state index contributed by atoms with van der Waals surface area (Å²) >= 11 is 0. The molecular formula is C17H24N5O2+. The predicted octanol–water partition coefficient (Wildman–Crippen LogP) is 2.09. The Bertz CT molecular complexity index is 744. The zero-order valence-corrected chi connectivity index (χ0v) is 14.5. The van der Waals surface area contributed by atoms with Crippen LogP contribution in [0, 0.1) is 6.92 Å². The number of hydrogen-bond acceptors (Lipinski definition) is 3. The van der Waals surface area contributed by atoms with Gasteiger partial charge >= 0.3 is 12.0 Å². The van der Waals surface area contributed by atoms with Crippen molar-refractivity contribution in [2.45, 2.75) is 58.0 Å². The minimum Gasteiger partial charge on any atom is -0.270 e. The van der Waals surface area contributed by atoms with Gasteiger partial charge in [-0.2, -0.15) is 0 Å². The van der Waals surface area contributed by atoms with Crippen molar-refractivity contribution in [1.29, 1.82) is 0 Å². The van der Waals surface area contributed by atoms with Crippen molar-refractivity contribution in [3.05, 3.63) is 11.9 Å². The lowest BCUT2D eigenvalue weighted by Gasteiger charge is -2.32. The number of rotatable bonds is 2. The van der Waals surface area contributed by atoms with Gasteiger partial charge in [0.15, 0.2) is 0 Å². The van der Waals surface area contributed by atoms with Crippen molar-refractivity contribution in [3.63, 3.8) is 0 Å². The second kappa shape index (κ2) is 5.43. The maximum atomic E-state index is 12.8. The molecule has 7 heteroatoms. The number of aromatic nitrogens is 2. The second-order valence-electron chi connectivity index (χ2n) is 6.94. The number of likely N-dealkylation sites (N-methyl/N-ethyl adjacent to an activating group) is 2. The van der Waals surface area contributed by atoms with Gasteiger partial charge in [-0.05, 0) is 39.5 Å². The lowest BCUT2D eigenvalue weighted by molar-refractivity contribution is -0.677. The van der Waals surface area contributed by atoms with E-state index in [1.807, 2.05) is 17.7 Å². The normalized spacial score (nSPS) is 24.3. The number of hydrogen-bond donors (Lipinski definition) is 0. The summed E-state index contributed by atoms with van der Waals surface area (Å²) in [6.45, 7) is 4.28. The highest BCUT2D eigenvalue weighted by molar-refractivity contribution is 6.19. The monoisotopic (exact) mass is 330 g/mol. The molecule has 3 heterocycles. The van der Waals surface area contributed by atoms with E-state index in [0.717, 1.165) is 24.5 Å². The molecule has 1 saturated heterocycles. The van der Waals surface area contributed by atoms with Crippen LogP contribution in [0.2, 0.25) is 0 Å². The first-order chi connectivity index (χ1) is 11.5. The van der Waals surface area contributed by atoms with E-state index in [4.69, 9.17) is 4.99 Å². The Hall–Kier alpha value is -2.18. The van der Waals surface area contributed by atoms with Gasteiger partial charge in [-0.25, -0.2) is 13.9 Å². The largest absolute Gasteiger partial charge is 0.402 e. The van der Waals surface area contributed by atoms with E-state index >= 15 is 0 Å². The average molecular weight is 330 g/mol. The number of carbonyl (C=O) groups is 2. The summed E-state index contributed by atoms with van der Waals surface area (Å²) in [6.07, 6.45) is 8.10. The fraction of sp³-hybridized carbons (Fsp3) is 0.647. The average Bonchev–Trinajstić information content (AvgIpc) is 3.08. The third-order valence-corrected chi connectivity index (χ3v) is 5.51. The summed E-state index contributed by atoms with van der Waals surface area (Å²) in [5.41, 5.74) is 1.13. The molecule has 1 aromatic heterocycles. The summed E-state index contributed by atoms with van der Waals surface area (Å²) in [7, 11) is 1.70. The standard InChI is InChI=1S/C17H24N5O2/c1-4-20-15(23)13-14(19(3)17(20)24)18-16-21(13)10-11(2)22(16)12-8-6-5-7-9-12/h10,12-13H,4-9H2,1-3H3/q+1. The van der Waals surface area contributed by atoms with E-state index in [-0.39, 0.29) is 11.9 Å². The number of carbonyl (C=O) groups excluding carboxylic acids is 2. The lowest BCUT2D eigenvalue weighted by Crippen LogP contribution is -2.62. The predicted molar refractivity (Wildman–Crippen MR) is 88.2 cm³/mol. The van der Waals surface area contributed by atoms with E-state index in [9.17, 15) is 9.59 Å². The van der Waals surface area contributed by atoms with Gasteiger partial charge in [0, 0.05) is 13.6 Å². The van der Waals surface area contributed by atoms with Gasteiger partial charge < -0.3 is 0 Å². The highest BCUT2D eigenvalue weighted by atomic mass is 16.2. The number of nitrogens with zero attached hydrogens (tertiary/aromatic N) is 5. The Morgan fingerprint density at radius 2 is 1.96 bits per heavy atom. The van der Waals surface area contributed by atoms with Crippen LogP contribution in [-0.4, -0.2) is 45.7 Å². The molecule has 1 atom stereocenters. The van der Waals surface area contributed by atoms with Crippen molar-refractivity contribution < 1.29 is 14.2 Å². The molecule has 3 aliphatic rings. The first-order valence-corrected chi connectivity index (χ1v) is 8.85. The molecule has 3 amide bonds. The Morgan fingerprint density at radius 3 is 2.62 bits per heavy atom. The van der Waals surface area contributed by atoms with E-state index in [0.29, 0.717) is 18.4 Å². The van der Waals surface area contributed by atoms with Crippen LogP contribution in [0.25, 0.3) is 0 Å². The van der Waals surface area contributed by atoms with Crippen LogP contribution in [0.1, 0.15) is 56.8 Å². The quantitative estimate of drug-likeness (QED) is 0.780. The van der Waals surface area contributed by atoms with E-state index < -0.39 is 6.04 Å². The number of amidine groups is 1. The van der Waals surface area contributed by atoms with Gasteiger partial charge in [0.1, 0.15) is 11.9 Å². The van der Waals surface area contributed by atoms with Crippen molar-refractivity contribution in [1.82, 2.24) is 14.4 Å². The molecular weight excluding hydrogens is 306 g/mol. The maximum Gasteiger partial charge on any atom is 0.402 e. The fourth-order valence-electron chi connectivity index (χ4n) is 4.28. The molecule has 2 aliphatic heterocycles. The van der Waals surface area contributed by atoms with Crippen molar-refractivity contribution >= 4 is 23.7 Å². The molecule has 2 fully saturated rings. The molecule has 0 aromatic carbocycles. The zero-order valence-electron chi connectivity index (χ0n) is 14.5. The molecule has 0 N–H and O–H groups in total. The SMILES string of the molecule is CCN1C(=O)C2C(=Nc3n(C4CCCCC4)c(C)c[n+]32)N(C)C1=O. The first-order valence-electron chi connectivity index (χ1n) is 8.85. The van der Waals surface area contributed by atoms with E-state index in [1.54, 1.807) is 7.05 Å². The lowest BCUT2D eigenvalue weighted by atomic mass is 9.95. The van der Waals surface area contributed by atoms with Gasteiger partial charge in [0.05, 0.1) is 6.04 Å². The van der Waals surface area contributed by atoms with Crippen molar-refractivity contribution in [2.75, 3.05) is 13.6 Å². The Balaban J connectivity index is 1.80. The summed E-state index contributed by atoms with van der Waals surface area (Å²) in [6, 6.07) is -0.353. The van der Waals surface area contributed by atoms with Crippen LogP contribution >= 0.6 is 0 Å². The fourth-order valence-corrected chi connectivity index (χ4v) is 4.28. The maximum absolute atomic E-state index is 12.8.